The lowest BCUT2D eigenvalue weighted by molar-refractivity contribution is 0.0714. The highest BCUT2D eigenvalue weighted by Crippen LogP contribution is 2.38. The number of carbonyl (C=O) groups excluding carboxylic acids is 1. The molecule has 1 aliphatic rings. The highest BCUT2D eigenvalue weighted by atomic mass is 32.1. The first kappa shape index (κ1) is 20.4. The van der Waals surface area contributed by atoms with Crippen LogP contribution in [-0.4, -0.2) is 44.5 Å². The maximum atomic E-state index is 13.2. The van der Waals surface area contributed by atoms with Crippen LogP contribution in [0.25, 0.3) is 32.7 Å². The lowest BCUT2D eigenvalue weighted by Gasteiger charge is -2.29. The molecule has 0 spiro atoms. The second-order valence-corrected chi connectivity index (χ2v) is 9.07. The van der Waals surface area contributed by atoms with E-state index in [1.54, 1.807) is 18.5 Å². The van der Waals surface area contributed by atoms with Crippen LogP contribution in [0.15, 0.2) is 48.8 Å². The lowest BCUT2D eigenvalue weighted by atomic mass is 10.0. The minimum absolute atomic E-state index is 0.0537. The number of carbonyl (C=O) groups is 1. The zero-order valence-electron chi connectivity index (χ0n) is 17.7. The number of likely N-dealkylation sites (tertiary alicyclic amines) is 1. The first-order valence-corrected chi connectivity index (χ1v) is 11.3. The number of nitrogens with zero attached hydrogens (tertiary/aromatic N) is 5. The van der Waals surface area contributed by atoms with Gasteiger partial charge in [-0.15, -0.1) is 11.3 Å². The average molecular weight is 443 g/mol. The summed E-state index contributed by atoms with van der Waals surface area (Å²) < 4.78 is 1.98. The zero-order valence-corrected chi connectivity index (χ0v) is 18.5. The number of piperidine rings is 1. The van der Waals surface area contributed by atoms with E-state index in [-0.39, 0.29) is 11.9 Å². The van der Waals surface area contributed by atoms with Crippen LogP contribution in [0.5, 0.6) is 0 Å². The minimum Gasteiger partial charge on any atom is -0.336 e. The van der Waals surface area contributed by atoms with Crippen LogP contribution in [0.4, 0.5) is 0 Å². The molecule has 0 unspecified atom stereocenters. The van der Waals surface area contributed by atoms with E-state index in [2.05, 4.69) is 11.1 Å². The third-order valence-electron chi connectivity index (χ3n) is 5.91. The molecule has 0 aliphatic carbocycles. The number of thiazole rings is 1. The molecule has 1 fully saturated rings. The number of hydrogen-bond donors (Lipinski definition) is 1. The van der Waals surface area contributed by atoms with E-state index in [9.17, 15) is 4.79 Å². The second-order valence-electron chi connectivity index (χ2n) is 8.07. The monoisotopic (exact) mass is 442 g/mol. The lowest BCUT2D eigenvalue weighted by Crippen LogP contribution is -2.42. The van der Waals surface area contributed by atoms with Gasteiger partial charge in [0.1, 0.15) is 0 Å². The molecule has 0 atom stereocenters. The fourth-order valence-electron chi connectivity index (χ4n) is 4.02. The highest BCUT2D eigenvalue weighted by molar-refractivity contribution is 7.17. The van der Waals surface area contributed by atoms with Crippen LogP contribution in [-0.2, 0) is 7.05 Å². The van der Waals surface area contributed by atoms with E-state index in [4.69, 9.17) is 16.0 Å². The fraction of sp³-hybridized carbons (Fsp3) is 0.250. The molecule has 160 valence electrons. The van der Waals surface area contributed by atoms with Gasteiger partial charge in [-0.1, -0.05) is 18.2 Å². The number of hydrogen-bond acceptors (Lipinski definition) is 6. The van der Waals surface area contributed by atoms with Crippen molar-refractivity contribution in [2.24, 2.45) is 12.8 Å². The van der Waals surface area contributed by atoms with Gasteiger partial charge in [0, 0.05) is 31.7 Å². The quantitative estimate of drug-likeness (QED) is 0.520. The van der Waals surface area contributed by atoms with Crippen molar-refractivity contribution in [1.82, 2.24) is 19.4 Å². The number of aryl methyl sites for hydroxylation is 1. The molecule has 3 heterocycles. The molecule has 0 saturated carbocycles. The Kier molecular flexibility index (Phi) is 5.21. The molecular weight excluding hydrogens is 420 g/mol. The molecule has 4 aromatic rings. The third kappa shape index (κ3) is 3.66. The van der Waals surface area contributed by atoms with Crippen molar-refractivity contribution in [3.63, 3.8) is 0 Å². The molecule has 2 aromatic heterocycles. The van der Waals surface area contributed by atoms with Crippen LogP contribution in [0.2, 0.25) is 0 Å². The number of amides is 1. The van der Waals surface area contributed by atoms with Crippen molar-refractivity contribution in [3.05, 3.63) is 59.4 Å². The summed E-state index contributed by atoms with van der Waals surface area (Å²) in [4.78, 5) is 25.2. The van der Waals surface area contributed by atoms with Gasteiger partial charge in [0.2, 0.25) is 0 Å². The van der Waals surface area contributed by atoms with Crippen LogP contribution in [0.3, 0.4) is 0 Å². The van der Waals surface area contributed by atoms with E-state index in [1.807, 2.05) is 46.8 Å². The molecule has 0 radical (unpaired) electrons. The fourth-order valence-corrected chi connectivity index (χ4v) is 5.07. The SMILES string of the molecule is Cn1cnc2cc(-c3sc(C(=O)N4CCC(N)CC4)nc3-c3ccc(C#N)cc3)ccc21. The molecule has 1 amide bonds. The molecule has 7 nitrogen and oxygen atoms in total. The Morgan fingerprint density at radius 1 is 1.16 bits per heavy atom. The number of aromatic nitrogens is 3. The largest absolute Gasteiger partial charge is 0.336 e. The Morgan fingerprint density at radius 2 is 1.88 bits per heavy atom. The van der Waals surface area contributed by atoms with E-state index in [1.165, 1.54) is 11.3 Å². The first-order chi connectivity index (χ1) is 15.5. The number of rotatable bonds is 3. The van der Waals surface area contributed by atoms with Gasteiger partial charge in [-0.05, 0) is 42.7 Å². The number of nitriles is 1. The summed E-state index contributed by atoms with van der Waals surface area (Å²) in [6, 6.07) is 15.7. The molecule has 5 rings (SSSR count). The molecule has 8 heteroatoms. The van der Waals surface area contributed by atoms with Gasteiger partial charge in [-0.3, -0.25) is 4.79 Å². The summed E-state index contributed by atoms with van der Waals surface area (Å²) in [5.74, 6) is -0.0537. The van der Waals surface area contributed by atoms with Crippen molar-refractivity contribution in [2.45, 2.75) is 18.9 Å². The summed E-state index contributed by atoms with van der Waals surface area (Å²) in [5.41, 5.74) is 11.1. The number of nitrogens with two attached hydrogens (primary N) is 1. The van der Waals surface area contributed by atoms with Crippen molar-refractivity contribution in [2.75, 3.05) is 13.1 Å². The Bertz CT molecular complexity index is 1340. The van der Waals surface area contributed by atoms with Crippen molar-refractivity contribution in [3.8, 4) is 27.8 Å². The van der Waals surface area contributed by atoms with Crippen molar-refractivity contribution < 1.29 is 4.79 Å². The summed E-state index contributed by atoms with van der Waals surface area (Å²) in [6.07, 6.45) is 3.41. The van der Waals surface area contributed by atoms with Crippen molar-refractivity contribution in [1.29, 1.82) is 5.26 Å². The van der Waals surface area contributed by atoms with Crippen LogP contribution in [0, 0.1) is 11.3 Å². The van der Waals surface area contributed by atoms with Gasteiger partial charge >= 0.3 is 0 Å². The number of imidazole rings is 1. The zero-order chi connectivity index (χ0) is 22.2. The number of benzene rings is 2. The minimum atomic E-state index is -0.0537. The predicted octanol–water partition coefficient (Wildman–Crippen LogP) is 3.80. The van der Waals surface area contributed by atoms with E-state index in [0.29, 0.717) is 23.7 Å². The van der Waals surface area contributed by atoms with Gasteiger partial charge in [-0.2, -0.15) is 5.26 Å². The Balaban J connectivity index is 1.59. The van der Waals surface area contributed by atoms with Crippen LogP contribution >= 0.6 is 11.3 Å². The number of fused-ring (bicyclic) bond motifs is 1. The summed E-state index contributed by atoms with van der Waals surface area (Å²) in [5, 5.41) is 9.61. The standard InChI is InChI=1S/C24H22N6OS/c1-29-14-27-19-12-17(6-7-20(19)29)22-21(16-4-2-15(13-25)3-5-16)28-23(32-22)24(31)30-10-8-18(26)9-11-30/h2-7,12,14,18H,8-11,26H2,1H3. The Morgan fingerprint density at radius 3 is 2.59 bits per heavy atom. The van der Waals surface area contributed by atoms with Gasteiger partial charge in [-0.25, -0.2) is 9.97 Å². The molecule has 0 bridgehead atoms. The molecule has 2 N–H and O–H groups in total. The Hall–Kier alpha value is -3.54. The smallest absolute Gasteiger partial charge is 0.282 e. The normalized spacial score (nSPS) is 14.6. The van der Waals surface area contributed by atoms with E-state index in [0.717, 1.165) is 45.6 Å². The Labute approximate surface area is 189 Å². The summed E-state index contributed by atoms with van der Waals surface area (Å²) in [6.45, 7) is 1.31. The van der Waals surface area contributed by atoms with Gasteiger partial charge < -0.3 is 15.2 Å². The molecule has 2 aromatic carbocycles. The first-order valence-electron chi connectivity index (χ1n) is 10.5. The van der Waals surface area contributed by atoms with E-state index < -0.39 is 0 Å². The van der Waals surface area contributed by atoms with Crippen LogP contribution < -0.4 is 5.73 Å². The maximum Gasteiger partial charge on any atom is 0.282 e. The highest BCUT2D eigenvalue weighted by Gasteiger charge is 2.26. The predicted molar refractivity (Wildman–Crippen MR) is 125 cm³/mol. The molecule has 1 saturated heterocycles. The van der Waals surface area contributed by atoms with Gasteiger partial charge in [0.05, 0.1) is 39.6 Å². The summed E-state index contributed by atoms with van der Waals surface area (Å²) >= 11 is 1.40. The van der Waals surface area contributed by atoms with Gasteiger partial charge in [0.25, 0.3) is 5.91 Å². The van der Waals surface area contributed by atoms with Crippen LogP contribution in [0.1, 0.15) is 28.2 Å². The second kappa shape index (κ2) is 8.19. The average Bonchev–Trinajstić information content (AvgIpc) is 3.43. The molecule has 32 heavy (non-hydrogen) atoms. The van der Waals surface area contributed by atoms with Crippen molar-refractivity contribution >= 4 is 28.3 Å². The maximum absolute atomic E-state index is 13.2. The molecular formula is C24H22N6OS. The van der Waals surface area contributed by atoms with E-state index >= 15 is 0 Å². The third-order valence-corrected chi connectivity index (χ3v) is 7.00. The van der Waals surface area contributed by atoms with Gasteiger partial charge in [0.15, 0.2) is 5.01 Å². The summed E-state index contributed by atoms with van der Waals surface area (Å²) in [7, 11) is 1.96. The molecule has 1 aliphatic heterocycles. The topological polar surface area (TPSA) is 101 Å².